The van der Waals surface area contributed by atoms with Crippen LogP contribution in [0, 0.1) is 5.92 Å². The number of thiazole rings is 1. The van der Waals surface area contributed by atoms with Gasteiger partial charge < -0.3 is 0 Å². The summed E-state index contributed by atoms with van der Waals surface area (Å²) in [5.74, 6) is 0.663. The standard InChI is InChI=1S/C16H25N5S/c1-16(2,3)15-19-14(10-22-15)9-20-6-4-5-13(7-20)8-21-12-17-11-18-21/h10-13H,4-9H2,1-3H3/t13-/m1/s1. The normalized spacial score (nSPS) is 20.4. The van der Waals surface area contributed by atoms with E-state index in [1.54, 1.807) is 17.7 Å². The number of rotatable bonds is 4. The Hall–Kier alpha value is -1.27. The van der Waals surface area contributed by atoms with Crippen molar-refractivity contribution in [3.63, 3.8) is 0 Å². The lowest BCUT2D eigenvalue weighted by molar-refractivity contribution is 0.152. The van der Waals surface area contributed by atoms with Crippen LogP contribution in [0.1, 0.15) is 44.3 Å². The molecular weight excluding hydrogens is 294 g/mol. The average Bonchev–Trinajstić information content (AvgIpc) is 3.10. The van der Waals surface area contributed by atoms with E-state index in [1.165, 1.54) is 30.1 Å². The zero-order valence-electron chi connectivity index (χ0n) is 13.7. The molecule has 1 atom stereocenters. The third-order valence-electron chi connectivity index (χ3n) is 4.09. The van der Waals surface area contributed by atoms with Gasteiger partial charge in [0, 0.05) is 30.4 Å². The molecular formula is C16H25N5S. The quantitative estimate of drug-likeness (QED) is 0.869. The maximum Gasteiger partial charge on any atom is 0.137 e. The van der Waals surface area contributed by atoms with Crippen LogP contribution in [-0.4, -0.2) is 37.7 Å². The fourth-order valence-corrected chi connectivity index (χ4v) is 3.89. The molecule has 5 nitrogen and oxygen atoms in total. The maximum absolute atomic E-state index is 4.83. The molecule has 0 unspecified atom stereocenters. The Morgan fingerprint density at radius 2 is 2.23 bits per heavy atom. The fourth-order valence-electron chi connectivity index (χ4n) is 2.99. The van der Waals surface area contributed by atoms with Crippen LogP contribution < -0.4 is 0 Å². The van der Waals surface area contributed by atoms with Crippen molar-refractivity contribution >= 4 is 11.3 Å². The van der Waals surface area contributed by atoms with Crippen LogP contribution in [-0.2, 0) is 18.5 Å². The second kappa shape index (κ2) is 6.46. The molecule has 0 aliphatic carbocycles. The highest BCUT2D eigenvalue weighted by Crippen LogP contribution is 2.27. The predicted octanol–water partition coefficient (Wildman–Crippen LogP) is 2.94. The van der Waals surface area contributed by atoms with Gasteiger partial charge >= 0.3 is 0 Å². The first kappa shape index (κ1) is 15.6. The number of hydrogen-bond acceptors (Lipinski definition) is 5. The van der Waals surface area contributed by atoms with Gasteiger partial charge in [-0.1, -0.05) is 20.8 Å². The summed E-state index contributed by atoms with van der Waals surface area (Å²) in [7, 11) is 0. The first-order valence-corrected chi connectivity index (χ1v) is 8.88. The molecule has 3 heterocycles. The molecule has 6 heteroatoms. The fraction of sp³-hybridized carbons (Fsp3) is 0.688. The van der Waals surface area contributed by atoms with Crippen molar-refractivity contribution in [3.8, 4) is 0 Å². The first-order valence-electron chi connectivity index (χ1n) is 8.00. The van der Waals surface area contributed by atoms with E-state index in [4.69, 9.17) is 4.98 Å². The summed E-state index contributed by atoms with van der Waals surface area (Å²) < 4.78 is 1.95. The number of likely N-dealkylation sites (tertiary alicyclic amines) is 1. The highest BCUT2D eigenvalue weighted by Gasteiger charge is 2.23. The minimum absolute atomic E-state index is 0.153. The van der Waals surface area contributed by atoms with Gasteiger partial charge in [-0.25, -0.2) is 9.97 Å². The molecule has 1 aliphatic heterocycles. The molecule has 1 saturated heterocycles. The van der Waals surface area contributed by atoms with Gasteiger partial charge in [-0.2, -0.15) is 5.10 Å². The van der Waals surface area contributed by atoms with E-state index in [0.29, 0.717) is 5.92 Å². The van der Waals surface area contributed by atoms with E-state index in [1.807, 2.05) is 11.0 Å². The van der Waals surface area contributed by atoms with Gasteiger partial charge in [0.1, 0.15) is 12.7 Å². The van der Waals surface area contributed by atoms with Crippen molar-refractivity contribution in [2.24, 2.45) is 5.92 Å². The van der Waals surface area contributed by atoms with Crippen molar-refractivity contribution < 1.29 is 0 Å². The molecule has 0 bridgehead atoms. The smallest absolute Gasteiger partial charge is 0.137 e. The summed E-state index contributed by atoms with van der Waals surface area (Å²) in [4.78, 5) is 11.4. The van der Waals surface area contributed by atoms with E-state index >= 15 is 0 Å². The molecule has 0 aromatic carbocycles. The van der Waals surface area contributed by atoms with Gasteiger partial charge in [-0.3, -0.25) is 9.58 Å². The molecule has 0 spiro atoms. The minimum atomic E-state index is 0.153. The minimum Gasteiger partial charge on any atom is -0.297 e. The summed E-state index contributed by atoms with van der Waals surface area (Å²) in [6.07, 6.45) is 5.97. The van der Waals surface area contributed by atoms with E-state index in [-0.39, 0.29) is 5.41 Å². The lowest BCUT2D eigenvalue weighted by Gasteiger charge is -2.32. The summed E-state index contributed by atoms with van der Waals surface area (Å²) in [6, 6.07) is 0. The third-order valence-corrected chi connectivity index (χ3v) is 5.41. The number of hydrogen-bond donors (Lipinski definition) is 0. The second-order valence-electron chi connectivity index (χ2n) is 7.25. The Labute approximate surface area is 136 Å². The lowest BCUT2D eigenvalue weighted by atomic mass is 9.97. The Morgan fingerprint density at radius 3 is 2.91 bits per heavy atom. The largest absolute Gasteiger partial charge is 0.297 e. The van der Waals surface area contributed by atoms with E-state index in [9.17, 15) is 0 Å². The Morgan fingerprint density at radius 1 is 1.36 bits per heavy atom. The SMILES string of the molecule is CC(C)(C)c1nc(CN2CCC[C@@H](Cn3cncn3)C2)cs1. The number of aromatic nitrogens is 4. The maximum atomic E-state index is 4.83. The van der Waals surface area contributed by atoms with Crippen molar-refractivity contribution in [1.82, 2.24) is 24.6 Å². The van der Waals surface area contributed by atoms with Crippen LogP contribution in [0.5, 0.6) is 0 Å². The molecule has 0 amide bonds. The topological polar surface area (TPSA) is 46.8 Å². The highest BCUT2D eigenvalue weighted by molar-refractivity contribution is 7.09. The van der Waals surface area contributed by atoms with Crippen molar-refractivity contribution in [1.29, 1.82) is 0 Å². The number of piperidine rings is 1. The van der Waals surface area contributed by atoms with Crippen molar-refractivity contribution in [2.75, 3.05) is 13.1 Å². The van der Waals surface area contributed by atoms with Crippen LogP contribution in [0.2, 0.25) is 0 Å². The molecule has 1 aliphatic rings. The summed E-state index contributed by atoms with van der Waals surface area (Å²) in [5, 5.41) is 7.68. The Balaban J connectivity index is 1.57. The van der Waals surface area contributed by atoms with Crippen molar-refractivity contribution in [2.45, 2.75) is 52.1 Å². The molecule has 2 aromatic rings. The van der Waals surface area contributed by atoms with Gasteiger partial charge in [-0.15, -0.1) is 11.3 Å². The predicted molar refractivity (Wildman–Crippen MR) is 88.8 cm³/mol. The van der Waals surface area contributed by atoms with Gasteiger partial charge in [0.15, 0.2) is 0 Å². The number of nitrogens with zero attached hydrogens (tertiary/aromatic N) is 5. The van der Waals surface area contributed by atoms with Crippen molar-refractivity contribution in [3.05, 3.63) is 28.7 Å². The van der Waals surface area contributed by atoms with Crippen LogP contribution in [0.25, 0.3) is 0 Å². The monoisotopic (exact) mass is 319 g/mol. The Bertz CT molecular complexity index is 584. The molecule has 3 rings (SSSR count). The van der Waals surface area contributed by atoms with E-state index in [0.717, 1.165) is 19.6 Å². The Kier molecular flexibility index (Phi) is 4.59. The van der Waals surface area contributed by atoms with E-state index < -0.39 is 0 Å². The molecule has 0 radical (unpaired) electrons. The lowest BCUT2D eigenvalue weighted by Crippen LogP contribution is -2.36. The zero-order chi connectivity index (χ0) is 15.6. The molecule has 2 aromatic heterocycles. The third kappa shape index (κ3) is 3.93. The summed E-state index contributed by atoms with van der Waals surface area (Å²) in [5.41, 5.74) is 1.37. The average molecular weight is 319 g/mol. The zero-order valence-corrected chi connectivity index (χ0v) is 14.5. The molecule has 22 heavy (non-hydrogen) atoms. The van der Waals surface area contributed by atoms with E-state index in [2.05, 4.69) is 41.1 Å². The molecule has 0 saturated carbocycles. The van der Waals surface area contributed by atoms with Gasteiger partial charge in [0.05, 0.1) is 10.7 Å². The van der Waals surface area contributed by atoms with Gasteiger partial charge in [-0.05, 0) is 25.3 Å². The molecule has 120 valence electrons. The van der Waals surface area contributed by atoms with Crippen LogP contribution in [0.15, 0.2) is 18.0 Å². The van der Waals surface area contributed by atoms with Gasteiger partial charge in [0.25, 0.3) is 0 Å². The summed E-state index contributed by atoms with van der Waals surface area (Å²) in [6.45, 7) is 10.9. The first-order chi connectivity index (χ1) is 10.5. The molecule has 0 N–H and O–H groups in total. The highest BCUT2D eigenvalue weighted by atomic mass is 32.1. The molecule has 1 fully saturated rings. The second-order valence-corrected chi connectivity index (χ2v) is 8.11. The van der Waals surface area contributed by atoms with Gasteiger partial charge in [0.2, 0.25) is 0 Å². The van der Waals surface area contributed by atoms with Crippen LogP contribution in [0.4, 0.5) is 0 Å². The summed E-state index contributed by atoms with van der Waals surface area (Å²) >= 11 is 1.79. The van der Waals surface area contributed by atoms with Crippen LogP contribution in [0.3, 0.4) is 0 Å². The van der Waals surface area contributed by atoms with Crippen LogP contribution >= 0.6 is 11.3 Å².